The number of methoxy groups -OCH3 is 1. The Bertz CT molecular complexity index is 539. The van der Waals surface area contributed by atoms with Crippen molar-refractivity contribution in [2.45, 2.75) is 38.8 Å². The minimum absolute atomic E-state index is 0.319. The van der Waals surface area contributed by atoms with E-state index in [4.69, 9.17) is 21.1 Å². The summed E-state index contributed by atoms with van der Waals surface area (Å²) in [6, 6.07) is 4.99. The lowest BCUT2D eigenvalue weighted by atomic mass is 9.92. The number of ether oxygens (including phenoxy) is 2. The number of halogens is 1. The second-order valence-electron chi connectivity index (χ2n) is 5.76. The van der Waals surface area contributed by atoms with Gasteiger partial charge in [-0.1, -0.05) is 17.7 Å². The summed E-state index contributed by atoms with van der Waals surface area (Å²) in [6.45, 7) is 6.75. The second-order valence-corrected chi connectivity index (χ2v) is 6.17. The van der Waals surface area contributed by atoms with Gasteiger partial charge in [0.2, 0.25) is 0 Å². The monoisotopic (exact) mass is 313 g/mol. The molecule has 6 heteroatoms. The summed E-state index contributed by atoms with van der Waals surface area (Å²) in [6.07, 6.45) is -0.111. The fourth-order valence-corrected chi connectivity index (χ4v) is 2.21. The fourth-order valence-electron chi connectivity index (χ4n) is 1.84. The molecule has 0 radical (unpaired) electrons. The van der Waals surface area contributed by atoms with Gasteiger partial charge in [-0.25, -0.2) is 4.79 Å². The number of aldehydes is 1. The first-order chi connectivity index (χ1) is 9.63. The third-order valence-corrected chi connectivity index (χ3v) is 3.03. The molecule has 1 aromatic rings. The SMILES string of the molecule is COc1cccc(Cl)c1C(C)(C=O)NC(=O)OC(C)(C)C. The van der Waals surface area contributed by atoms with Crippen molar-refractivity contribution in [2.24, 2.45) is 0 Å². The molecule has 1 atom stereocenters. The average molecular weight is 314 g/mol. The Morgan fingerprint density at radius 2 is 1.90 bits per heavy atom. The molecule has 0 aliphatic rings. The summed E-state index contributed by atoms with van der Waals surface area (Å²) in [5.41, 5.74) is -1.64. The van der Waals surface area contributed by atoms with Gasteiger partial charge in [-0.2, -0.15) is 0 Å². The highest BCUT2D eigenvalue weighted by atomic mass is 35.5. The van der Waals surface area contributed by atoms with Crippen LogP contribution in [0.3, 0.4) is 0 Å². The number of carbonyl (C=O) groups is 2. The van der Waals surface area contributed by atoms with E-state index in [1.807, 2.05) is 0 Å². The molecule has 0 aliphatic heterocycles. The van der Waals surface area contributed by atoms with Gasteiger partial charge in [0.1, 0.15) is 23.2 Å². The quantitative estimate of drug-likeness (QED) is 0.866. The molecule has 0 fully saturated rings. The molecule has 0 saturated heterocycles. The Morgan fingerprint density at radius 1 is 1.29 bits per heavy atom. The van der Waals surface area contributed by atoms with Crippen LogP contribution in [0.1, 0.15) is 33.3 Å². The van der Waals surface area contributed by atoms with Crippen LogP contribution in [-0.4, -0.2) is 25.1 Å². The van der Waals surface area contributed by atoms with Gasteiger partial charge in [-0.05, 0) is 39.8 Å². The number of benzene rings is 1. The molecule has 1 amide bonds. The maximum absolute atomic E-state index is 11.9. The first-order valence-electron chi connectivity index (χ1n) is 6.43. The number of amides is 1. The Hall–Kier alpha value is -1.75. The number of hydrogen-bond donors (Lipinski definition) is 1. The summed E-state index contributed by atoms with van der Waals surface area (Å²) in [5, 5.41) is 2.86. The lowest BCUT2D eigenvalue weighted by molar-refractivity contribution is -0.113. The van der Waals surface area contributed by atoms with Gasteiger partial charge in [0, 0.05) is 5.56 Å². The van der Waals surface area contributed by atoms with Gasteiger partial charge in [-0.3, -0.25) is 0 Å². The van der Waals surface area contributed by atoms with Crippen molar-refractivity contribution in [3.63, 3.8) is 0 Å². The molecule has 1 rings (SSSR count). The highest BCUT2D eigenvalue weighted by Crippen LogP contribution is 2.35. The van der Waals surface area contributed by atoms with E-state index in [1.165, 1.54) is 14.0 Å². The first-order valence-corrected chi connectivity index (χ1v) is 6.81. The van der Waals surface area contributed by atoms with Gasteiger partial charge in [0.15, 0.2) is 0 Å². The molecule has 1 aromatic carbocycles. The summed E-state index contributed by atoms with van der Waals surface area (Å²) in [5.74, 6) is 0.410. The number of nitrogens with one attached hydrogen (secondary N) is 1. The molecular formula is C15H20ClNO4. The Kier molecular flexibility index (Phi) is 5.23. The van der Waals surface area contributed by atoms with Crippen LogP contribution in [0.5, 0.6) is 5.75 Å². The lowest BCUT2D eigenvalue weighted by Crippen LogP contribution is -2.47. The average Bonchev–Trinajstić information content (AvgIpc) is 2.35. The highest BCUT2D eigenvalue weighted by Gasteiger charge is 2.35. The molecule has 0 aliphatic carbocycles. The molecular weight excluding hydrogens is 294 g/mol. The van der Waals surface area contributed by atoms with Crippen LogP contribution in [0.4, 0.5) is 4.79 Å². The zero-order valence-corrected chi connectivity index (χ0v) is 13.6. The minimum Gasteiger partial charge on any atom is -0.496 e. The van der Waals surface area contributed by atoms with E-state index in [0.717, 1.165) is 0 Å². The normalized spacial score (nSPS) is 14.0. The minimum atomic E-state index is -1.36. The number of carbonyl (C=O) groups excluding carboxylic acids is 2. The summed E-state index contributed by atoms with van der Waals surface area (Å²) in [7, 11) is 1.47. The molecule has 0 spiro atoms. The van der Waals surface area contributed by atoms with Crippen LogP contribution in [0.25, 0.3) is 0 Å². The van der Waals surface area contributed by atoms with E-state index >= 15 is 0 Å². The third-order valence-electron chi connectivity index (χ3n) is 2.71. The molecule has 1 N–H and O–H groups in total. The maximum Gasteiger partial charge on any atom is 0.408 e. The van der Waals surface area contributed by atoms with Gasteiger partial charge < -0.3 is 19.6 Å². The molecule has 21 heavy (non-hydrogen) atoms. The third kappa shape index (κ3) is 4.36. The number of hydrogen-bond acceptors (Lipinski definition) is 4. The van der Waals surface area contributed by atoms with Gasteiger partial charge >= 0.3 is 6.09 Å². The zero-order valence-electron chi connectivity index (χ0n) is 12.8. The highest BCUT2D eigenvalue weighted by molar-refractivity contribution is 6.32. The molecule has 5 nitrogen and oxygen atoms in total. The van der Waals surface area contributed by atoms with E-state index in [-0.39, 0.29) is 0 Å². The standard InChI is InChI=1S/C15H20ClNO4/c1-14(2,3)21-13(19)17-15(4,9-18)12-10(16)7-6-8-11(12)20-5/h6-9H,1-5H3,(H,17,19). The van der Waals surface area contributed by atoms with E-state index in [1.54, 1.807) is 39.0 Å². The first kappa shape index (κ1) is 17.3. The maximum atomic E-state index is 11.9. The summed E-state index contributed by atoms with van der Waals surface area (Å²) >= 11 is 6.16. The Balaban J connectivity index is 3.16. The van der Waals surface area contributed by atoms with E-state index < -0.39 is 17.2 Å². The van der Waals surface area contributed by atoms with Crippen molar-refractivity contribution in [1.29, 1.82) is 0 Å². The zero-order chi connectivity index (χ0) is 16.3. The fraction of sp³-hybridized carbons (Fsp3) is 0.467. The largest absolute Gasteiger partial charge is 0.496 e. The van der Waals surface area contributed by atoms with Gasteiger partial charge in [-0.15, -0.1) is 0 Å². The van der Waals surface area contributed by atoms with E-state index in [9.17, 15) is 9.59 Å². The van der Waals surface area contributed by atoms with E-state index in [0.29, 0.717) is 22.6 Å². The Morgan fingerprint density at radius 3 is 2.38 bits per heavy atom. The molecule has 0 saturated carbocycles. The van der Waals surface area contributed by atoms with Crippen molar-refractivity contribution < 1.29 is 19.1 Å². The van der Waals surface area contributed by atoms with Gasteiger partial charge in [0.25, 0.3) is 0 Å². The smallest absolute Gasteiger partial charge is 0.408 e. The molecule has 0 heterocycles. The number of alkyl carbamates (subject to hydrolysis) is 1. The predicted molar refractivity (Wildman–Crippen MR) is 80.8 cm³/mol. The van der Waals surface area contributed by atoms with Crippen molar-refractivity contribution in [3.05, 3.63) is 28.8 Å². The van der Waals surface area contributed by atoms with Crippen molar-refractivity contribution >= 4 is 24.0 Å². The van der Waals surface area contributed by atoms with Crippen LogP contribution in [0.15, 0.2) is 18.2 Å². The van der Waals surface area contributed by atoms with Crippen molar-refractivity contribution in [3.8, 4) is 5.75 Å². The van der Waals surface area contributed by atoms with Crippen LogP contribution in [0, 0.1) is 0 Å². The van der Waals surface area contributed by atoms with Crippen LogP contribution in [0.2, 0.25) is 5.02 Å². The molecule has 0 bridgehead atoms. The molecule has 1 unspecified atom stereocenters. The topological polar surface area (TPSA) is 64.6 Å². The van der Waals surface area contributed by atoms with Crippen LogP contribution >= 0.6 is 11.6 Å². The lowest BCUT2D eigenvalue weighted by Gasteiger charge is -2.29. The van der Waals surface area contributed by atoms with E-state index in [2.05, 4.69) is 5.32 Å². The van der Waals surface area contributed by atoms with Crippen LogP contribution in [-0.2, 0) is 15.1 Å². The van der Waals surface area contributed by atoms with Crippen molar-refractivity contribution in [1.82, 2.24) is 5.32 Å². The van der Waals surface area contributed by atoms with Crippen molar-refractivity contribution in [2.75, 3.05) is 7.11 Å². The summed E-state index contributed by atoms with van der Waals surface area (Å²) in [4.78, 5) is 23.5. The second kappa shape index (κ2) is 6.35. The predicted octanol–water partition coefficient (Wildman–Crippen LogP) is 3.29. The molecule has 0 aromatic heterocycles. The summed E-state index contributed by atoms with van der Waals surface area (Å²) < 4.78 is 10.4. The number of rotatable bonds is 4. The van der Waals surface area contributed by atoms with Crippen LogP contribution < -0.4 is 10.1 Å². The van der Waals surface area contributed by atoms with Gasteiger partial charge in [0.05, 0.1) is 12.1 Å². The molecule has 116 valence electrons. The Labute approximate surface area is 129 Å².